The van der Waals surface area contributed by atoms with E-state index in [0.717, 1.165) is 12.5 Å². The van der Waals surface area contributed by atoms with Crippen molar-refractivity contribution in [2.24, 2.45) is 11.8 Å². The molecule has 0 amide bonds. The molecule has 3 unspecified atom stereocenters. The van der Waals surface area contributed by atoms with Crippen molar-refractivity contribution in [1.29, 1.82) is 0 Å². The molecule has 0 aliphatic heterocycles. The van der Waals surface area contributed by atoms with Crippen molar-refractivity contribution in [3.8, 4) is 0 Å². The molecule has 0 heterocycles. The van der Waals surface area contributed by atoms with Crippen LogP contribution in [0.4, 0.5) is 0 Å². The molecule has 1 rings (SSSR count). The molecule has 0 saturated heterocycles. The van der Waals surface area contributed by atoms with Crippen LogP contribution in [0.5, 0.6) is 0 Å². The van der Waals surface area contributed by atoms with E-state index in [-0.39, 0.29) is 6.10 Å². The summed E-state index contributed by atoms with van der Waals surface area (Å²) in [6.45, 7) is 3.04. The van der Waals surface area contributed by atoms with Gasteiger partial charge in [0.15, 0.2) is 0 Å². The summed E-state index contributed by atoms with van der Waals surface area (Å²) in [7, 11) is 1.90. The van der Waals surface area contributed by atoms with Crippen molar-refractivity contribution in [2.75, 3.05) is 13.6 Å². The molecule has 1 aliphatic rings. The Hall–Kier alpha value is -0.0800. The molecule has 3 atom stereocenters. The van der Waals surface area contributed by atoms with Crippen molar-refractivity contribution in [2.45, 2.75) is 38.7 Å². The topological polar surface area (TPSA) is 32.3 Å². The Bertz CT molecular complexity index is 127. The minimum Gasteiger partial charge on any atom is -0.392 e. The summed E-state index contributed by atoms with van der Waals surface area (Å²) in [5.74, 6) is 1.36. The van der Waals surface area contributed by atoms with E-state index in [9.17, 15) is 5.11 Å². The Kier molecular flexibility index (Phi) is 4.02. The van der Waals surface area contributed by atoms with E-state index in [4.69, 9.17) is 0 Å². The normalized spacial score (nSPS) is 33.2. The third-order valence-corrected chi connectivity index (χ3v) is 2.93. The van der Waals surface area contributed by atoms with Crippen molar-refractivity contribution < 1.29 is 5.11 Å². The zero-order valence-electron chi connectivity index (χ0n) is 8.21. The summed E-state index contributed by atoms with van der Waals surface area (Å²) in [6.07, 6.45) is 4.95. The lowest BCUT2D eigenvalue weighted by Crippen LogP contribution is -2.33. The molecule has 72 valence electrons. The van der Waals surface area contributed by atoms with Gasteiger partial charge in [0.1, 0.15) is 0 Å². The molecule has 0 aromatic rings. The molecule has 2 nitrogen and oxygen atoms in total. The van der Waals surface area contributed by atoms with Crippen molar-refractivity contribution in [3.05, 3.63) is 0 Å². The predicted molar refractivity (Wildman–Crippen MR) is 51.1 cm³/mol. The molecule has 2 heteroatoms. The summed E-state index contributed by atoms with van der Waals surface area (Å²) < 4.78 is 0. The van der Waals surface area contributed by atoms with E-state index < -0.39 is 0 Å². The largest absolute Gasteiger partial charge is 0.392 e. The first-order valence-electron chi connectivity index (χ1n) is 5.06. The summed E-state index contributed by atoms with van der Waals surface area (Å²) in [5.41, 5.74) is 0. The zero-order chi connectivity index (χ0) is 8.97. The second-order valence-corrected chi connectivity index (χ2v) is 4.16. The summed E-state index contributed by atoms with van der Waals surface area (Å²) in [4.78, 5) is 0. The Morgan fingerprint density at radius 2 is 2.25 bits per heavy atom. The first-order chi connectivity index (χ1) is 5.74. The Morgan fingerprint density at radius 3 is 2.83 bits per heavy atom. The van der Waals surface area contributed by atoms with Gasteiger partial charge >= 0.3 is 0 Å². The van der Waals surface area contributed by atoms with Gasteiger partial charge in [-0.15, -0.1) is 0 Å². The number of likely N-dealkylation sites (N-methyl/N-ethyl adjacent to an activating group) is 1. The first-order valence-corrected chi connectivity index (χ1v) is 5.06. The molecule has 1 fully saturated rings. The van der Waals surface area contributed by atoms with Gasteiger partial charge in [0.25, 0.3) is 0 Å². The zero-order valence-corrected chi connectivity index (χ0v) is 8.21. The summed E-state index contributed by atoms with van der Waals surface area (Å²) in [6, 6.07) is 0. The van der Waals surface area contributed by atoms with Gasteiger partial charge < -0.3 is 10.4 Å². The Labute approximate surface area is 75.4 Å². The highest BCUT2D eigenvalue weighted by Gasteiger charge is 2.24. The number of aliphatic hydroxyl groups excluding tert-OH is 1. The van der Waals surface area contributed by atoms with Crippen LogP contribution in [0.2, 0.25) is 0 Å². The van der Waals surface area contributed by atoms with Gasteiger partial charge in [-0.1, -0.05) is 19.8 Å². The molecular formula is C10H21NO. The summed E-state index contributed by atoms with van der Waals surface area (Å²) >= 11 is 0. The molecule has 1 saturated carbocycles. The van der Waals surface area contributed by atoms with Gasteiger partial charge in [-0.05, 0) is 31.7 Å². The van der Waals surface area contributed by atoms with E-state index in [0.29, 0.717) is 5.92 Å². The third kappa shape index (κ3) is 2.76. The lowest BCUT2D eigenvalue weighted by atomic mass is 9.79. The second kappa shape index (κ2) is 4.83. The van der Waals surface area contributed by atoms with Crippen LogP contribution in [-0.2, 0) is 0 Å². The number of nitrogens with one attached hydrogen (secondary N) is 1. The van der Waals surface area contributed by atoms with Gasteiger partial charge in [-0.25, -0.2) is 0 Å². The SMILES string of the molecule is CNCC(O)C1CCCC(C)C1. The molecule has 12 heavy (non-hydrogen) atoms. The Morgan fingerprint density at radius 1 is 1.50 bits per heavy atom. The predicted octanol–water partition coefficient (Wildman–Crippen LogP) is 1.39. The maximum absolute atomic E-state index is 9.73. The van der Waals surface area contributed by atoms with Crippen LogP contribution < -0.4 is 5.32 Å². The number of aliphatic hydroxyl groups is 1. The van der Waals surface area contributed by atoms with E-state index in [1.165, 1.54) is 25.7 Å². The fraction of sp³-hybridized carbons (Fsp3) is 1.00. The van der Waals surface area contributed by atoms with Gasteiger partial charge in [-0.3, -0.25) is 0 Å². The summed E-state index contributed by atoms with van der Waals surface area (Å²) in [5, 5.41) is 12.8. The highest BCUT2D eigenvalue weighted by Crippen LogP contribution is 2.30. The van der Waals surface area contributed by atoms with E-state index in [2.05, 4.69) is 12.2 Å². The van der Waals surface area contributed by atoms with Crippen LogP contribution >= 0.6 is 0 Å². The molecule has 2 N–H and O–H groups in total. The molecular weight excluding hydrogens is 150 g/mol. The minimum absolute atomic E-state index is 0.127. The van der Waals surface area contributed by atoms with Crippen LogP contribution in [0.3, 0.4) is 0 Å². The lowest BCUT2D eigenvalue weighted by molar-refractivity contribution is 0.0729. The molecule has 0 aromatic carbocycles. The van der Waals surface area contributed by atoms with Gasteiger partial charge in [-0.2, -0.15) is 0 Å². The first kappa shape index (κ1) is 10.0. The van der Waals surface area contributed by atoms with Crippen LogP contribution in [0, 0.1) is 11.8 Å². The molecule has 1 aliphatic carbocycles. The second-order valence-electron chi connectivity index (χ2n) is 4.16. The van der Waals surface area contributed by atoms with Crippen LogP contribution in [0.15, 0.2) is 0 Å². The molecule has 0 radical (unpaired) electrons. The average Bonchev–Trinajstić information content (AvgIpc) is 2.05. The van der Waals surface area contributed by atoms with E-state index in [1.54, 1.807) is 0 Å². The number of hydrogen-bond acceptors (Lipinski definition) is 2. The highest BCUT2D eigenvalue weighted by atomic mass is 16.3. The van der Waals surface area contributed by atoms with Crippen LogP contribution in [-0.4, -0.2) is 24.8 Å². The standard InChI is InChI=1S/C10H21NO/c1-8-4-3-5-9(6-8)10(12)7-11-2/h8-12H,3-7H2,1-2H3. The smallest absolute Gasteiger partial charge is 0.0692 e. The fourth-order valence-corrected chi connectivity index (χ4v) is 2.21. The maximum Gasteiger partial charge on any atom is 0.0692 e. The molecule has 0 spiro atoms. The van der Waals surface area contributed by atoms with Gasteiger partial charge in [0.05, 0.1) is 6.10 Å². The van der Waals surface area contributed by atoms with Gasteiger partial charge in [0, 0.05) is 6.54 Å². The molecule has 0 aromatic heterocycles. The quantitative estimate of drug-likeness (QED) is 0.672. The Balaban J connectivity index is 2.29. The van der Waals surface area contributed by atoms with Crippen LogP contribution in [0.25, 0.3) is 0 Å². The average molecular weight is 171 g/mol. The van der Waals surface area contributed by atoms with Crippen LogP contribution in [0.1, 0.15) is 32.6 Å². The highest BCUT2D eigenvalue weighted by molar-refractivity contribution is 4.77. The van der Waals surface area contributed by atoms with E-state index >= 15 is 0 Å². The molecule has 0 bridgehead atoms. The monoisotopic (exact) mass is 171 g/mol. The fourth-order valence-electron chi connectivity index (χ4n) is 2.21. The van der Waals surface area contributed by atoms with Crippen molar-refractivity contribution in [1.82, 2.24) is 5.32 Å². The van der Waals surface area contributed by atoms with Gasteiger partial charge in [0.2, 0.25) is 0 Å². The third-order valence-electron chi connectivity index (χ3n) is 2.93. The van der Waals surface area contributed by atoms with E-state index in [1.807, 2.05) is 7.05 Å². The lowest BCUT2D eigenvalue weighted by Gasteiger charge is -2.30. The van der Waals surface area contributed by atoms with Crippen molar-refractivity contribution >= 4 is 0 Å². The number of hydrogen-bond donors (Lipinski definition) is 2. The van der Waals surface area contributed by atoms with Crippen molar-refractivity contribution in [3.63, 3.8) is 0 Å². The minimum atomic E-state index is -0.127. The number of rotatable bonds is 3. The maximum atomic E-state index is 9.73.